The number of aliphatic hydroxyl groups is 1. The number of nitrogens with zero attached hydrogens (tertiary/aromatic N) is 1. The quantitative estimate of drug-likeness (QED) is 0.708. The molecule has 94 valence electrons. The number of anilines is 1. The highest BCUT2D eigenvalue weighted by Gasteiger charge is 2.28. The van der Waals surface area contributed by atoms with E-state index in [0.717, 1.165) is 25.4 Å². The molecule has 0 saturated heterocycles. The summed E-state index contributed by atoms with van der Waals surface area (Å²) in [5.74, 6) is 0. The summed E-state index contributed by atoms with van der Waals surface area (Å²) in [6.45, 7) is 1.95. The number of rotatable bonds is 7. The number of nitrogens with two attached hydrogens (primary N) is 1. The second-order valence-corrected chi connectivity index (χ2v) is 4.73. The molecule has 1 fully saturated rings. The first-order valence-corrected chi connectivity index (χ1v) is 6.51. The fraction of sp³-hybridized carbons (Fsp3) is 0.571. The van der Waals surface area contributed by atoms with Gasteiger partial charge in [0.2, 0.25) is 0 Å². The number of benzene rings is 1. The van der Waals surface area contributed by atoms with Crippen LogP contribution in [-0.2, 0) is 6.54 Å². The highest BCUT2D eigenvalue weighted by Crippen LogP contribution is 2.31. The van der Waals surface area contributed by atoms with Crippen molar-refractivity contribution in [3.63, 3.8) is 0 Å². The third kappa shape index (κ3) is 3.45. The van der Waals surface area contributed by atoms with Gasteiger partial charge in [-0.1, -0.05) is 12.1 Å². The van der Waals surface area contributed by atoms with E-state index in [4.69, 9.17) is 10.8 Å². The summed E-state index contributed by atoms with van der Waals surface area (Å²) in [4.78, 5) is 2.47. The van der Waals surface area contributed by atoms with Gasteiger partial charge in [0.1, 0.15) is 0 Å². The van der Waals surface area contributed by atoms with E-state index in [1.165, 1.54) is 24.1 Å². The van der Waals surface area contributed by atoms with Gasteiger partial charge in [0.15, 0.2) is 0 Å². The largest absolute Gasteiger partial charge is 0.396 e. The lowest BCUT2D eigenvalue weighted by Crippen LogP contribution is -2.26. The van der Waals surface area contributed by atoms with Gasteiger partial charge in [-0.3, -0.25) is 0 Å². The van der Waals surface area contributed by atoms with E-state index in [2.05, 4.69) is 29.2 Å². The molecule has 0 spiro atoms. The van der Waals surface area contributed by atoms with E-state index in [0.29, 0.717) is 13.2 Å². The van der Waals surface area contributed by atoms with Gasteiger partial charge in [-0.15, -0.1) is 0 Å². The van der Waals surface area contributed by atoms with Crippen molar-refractivity contribution in [3.05, 3.63) is 29.8 Å². The number of unbranched alkanes of at least 4 members (excludes halogenated alkanes) is 1. The molecule has 0 aliphatic heterocycles. The van der Waals surface area contributed by atoms with E-state index in [-0.39, 0.29) is 0 Å². The standard InChI is InChI=1S/C14H22N2O/c15-11-12-3-5-13(6-4-12)16(14-7-8-14)9-1-2-10-17/h3-6,14,17H,1-2,7-11,15H2. The molecule has 3 heteroatoms. The highest BCUT2D eigenvalue weighted by atomic mass is 16.2. The lowest BCUT2D eigenvalue weighted by Gasteiger charge is -2.24. The molecule has 0 unspecified atom stereocenters. The van der Waals surface area contributed by atoms with Crippen LogP contribution in [0.1, 0.15) is 31.2 Å². The summed E-state index contributed by atoms with van der Waals surface area (Å²) in [6.07, 6.45) is 4.56. The van der Waals surface area contributed by atoms with E-state index in [1.54, 1.807) is 0 Å². The SMILES string of the molecule is NCc1ccc(N(CCCCO)C2CC2)cc1. The van der Waals surface area contributed by atoms with Crippen LogP contribution in [0, 0.1) is 0 Å². The molecule has 1 aromatic rings. The van der Waals surface area contributed by atoms with Gasteiger partial charge in [-0.05, 0) is 43.4 Å². The maximum absolute atomic E-state index is 8.84. The van der Waals surface area contributed by atoms with Gasteiger partial charge < -0.3 is 15.7 Å². The summed E-state index contributed by atoms with van der Waals surface area (Å²) >= 11 is 0. The first kappa shape index (κ1) is 12.4. The van der Waals surface area contributed by atoms with Gasteiger partial charge in [0, 0.05) is 31.4 Å². The maximum Gasteiger partial charge on any atom is 0.0431 e. The van der Waals surface area contributed by atoms with Crippen LogP contribution < -0.4 is 10.6 Å². The molecule has 3 N–H and O–H groups in total. The normalized spacial score (nSPS) is 14.9. The Morgan fingerprint density at radius 3 is 2.41 bits per heavy atom. The Bertz CT molecular complexity index is 333. The minimum Gasteiger partial charge on any atom is -0.396 e. The van der Waals surface area contributed by atoms with Gasteiger partial charge >= 0.3 is 0 Å². The van der Waals surface area contributed by atoms with Gasteiger partial charge in [-0.2, -0.15) is 0 Å². The van der Waals surface area contributed by atoms with Crippen molar-refractivity contribution < 1.29 is 5.11 Å². The molecule has 0 amide bonds. The lowest BCUT2D eigenvalue weighted by atomic mass is 10.2. The van der Waals surface area contributed by atoms with Crippen LogP contribution in [0.4, 0.5) is 5.69 Å². The first-order chi connectivity index (χ1) is 8.35. The molecule has 1 aliphatic carbocycles. The number of hydrogen-bond donors (Lipinski definition) is 2. The molecular weight excluding hydrogens is 212 g/mol. The number of aliphatic hydroxyl groups excluding tert-OH is 1. The summed E-state index contributed by atoms with van der Waals surface area (Å²) in [5.41, 5.74) is 8.08. The molecule has 2 rings (SSSR count). The Morgan fingerprint density at radius 2 is 1.88 bits per heavy atom. The van der Waals surface area contributed by atoms with Crippen molar-refractivity contribution in [2.24, 2.45) is 5.73 Å². The molecule has 1 saturated carbocycles. The summed E-state index contributed by atoms with van der Waals surface area (Å²) < 4.78 is 0. The smallest absolute Gasteiger partial charge is 0.0431 e. The molecular formula is C14H22N2O. The minimum atomic E-state index is 0.296. The summed E-state index contributed by atoms with van der Waals surface area (Å²) in [7, 11) is 0. The predicted octanol–water partition coefficient (Wildman–Crippen LogP) is 1.89. The average molecular weight is 234 g/mol. The molecule has 0 atom stereocenters. The average Bonchev–Trinajstić information content (AvgIpc) is 3.19. The monoisotopic (exact) mass is 234 g/mol. The fourth-order valence-electron chi connectivity index (χ4n) is 2.13. The van der Waals surface area contributed by atoms with Gasteiger partial charge in [-0.25, -0.2) is 0 Å². The van der Waals surface area contributed by atoms with Crippen LogP contribution in [0.2, 0.25) is 0 Å². The molecule has 17 heavy (non-hydrogen) atoms. The van der Waals surface area contributed by atoms with Crippen molar-refractivity contribution in [1.82, 2.24) is 0 Å². The molecule has 0 aromatic heterocycles. The zero-order valence-corrected chi connectivity index (χ0v) is 10.3. The summed E-state index contributed by atoms with van der Waals surface area (Å²) in [5, 5.41) is 8.84. The first-order valence-electron chi connectivity index (χ1n) is 6.51. The van der Waals surface area contributed by atoms with E-state index in [1.807, 2.05) is 0 Å². The molecule has 0 radical (unpaired) electrons. The van der Waals surface area contributed by atoms with Crippen LogP contribution in [0.3, 0.4) is 0 Å². The van der Waals surface area contributed by atoms with Crippen molar-refractivity contribution in [3.8, 4) is 0 Å². The van der Waals surface area contributed by atoms with Crippen LogP contribution in [0.25, 0.3) is 0 Å². The van der Waals surface area contributed by atoms with E-state index in [9.17, 15) is 0 Å². The van der Waals surface area contributed by atoms with Crippen LogP contribution >= 0.6 is 0 Å². The van der Waals surface area contributed by atoms with Crippen LogP contribution in [-0.4, -0.2) is 24.3 Å². The topological polar surface area (TPSA) is 49.5 Å². The molecule has 1 aromatic carbocycles. The Kier molecular flexibility index (Phi) is 4.40. The third-order valence-electron chi connectivity index (χ3n) is 3.30. The molecule has 1 aliphatic rings. The molecule has 0 heterocycles. The van der Waals surface area contributed by atoms with Crippen molar-refractivity contribution in [2.75, 3.05) is 18.1 Å². The van der Waals surface area contributed by atoms with Gasteiger partial charge in [0.25, 0.3) is 0 Å². The fourth-order valence-corrected chi connectivity index (χ4v) is 2.13. The van der Waals surface area contributed by atoms with E-state index >= 15 is 0 Å². The zero-order chi connectivity index (χ0) is 12.1. The lowest BCUT2D eigenvalue weighted by molar-refractivity contribution is 0.285. The Hall–Kier alpha value is -1.06. The molecule has 0 bridgehead atoms. The van der Waals surface area contributed by atoms with Crippen LogP contribution in [0.5, 0.6) is 0 Å². The Labute approximate surface area is 103 Å². The second kappa shape index (κ2) is 6.03. The summed E-state index contributed by atoms with van der Waals surface area (Å²) in [6, 6.07) is 9.27. The molecule has 3 nitrogen and oxygen atoms in total. The van der Waals surface area contributed by atoms with E-state index < -0.39 is 0 Å². The highest BCUT2D eigenvalue weighted by molar-refractivity contribution is 5.49. The van der Waals surface area contributed by atoms with Crippen LogP contribution in [0.15, 0.2) is 24.3 Å². The minimum absolute atomic E-state index is 0.296. The van der Waals surface area contributed by atoms with Gasteiger partial charge in [0.05, 0.1) is 0 Å². The third-order valence-corrected chi connectivity index (χ3v) is 3.30. The van der Waals surface area contributed by atoms with Crippen molar-refractivity contribution >= 4 is 5.69 Å². The Balaban J connectivity index is 1.98. The predicted molar refractivity (Wildman–Crippen MR) is 71.0 cm³/mol. The van der Waals surface area contributed by atoms with Crippen molar-refractivity contribution in [2.45, 2.75) is 38.3 Å². The van der Waals surface area contributed by atoms with Crippen molar-refractivity contribution in [1.29, 1.82) is 0 Å². The second-order valence-electron chi connectivity index (χ2n) is 4.73. The zero-order valence-electron chi connectivity index (χ0n) is 10.3. The number of hydrogen-bond acceptors (Lipinski definition) is 3. The Morgan fingerprint density at radius 1 is 1.18 bits per heavy atom. The maximum atomic E-state index is 8.84.